The van der Waals surface area contributed by atoms with Crippen LogP contribution >= 0.6 is 12.2 Å². The van der Waals surface area contributed by atoms with E-state index in [4.69, 9.17) is 17.0 Å². The van der Waals surface area contributed by atoms with Crippen molar-refractivity contribution in [1.29, 1.82) is 0 Å². The number of para-hydroxylation sites is 1. The summed E-state index contributed by atoms with van der Waals surface area (Å²) in [5.74, 6) is 0.827. The number of thiocarbonyl (C=S) groups is 1. The van der Waals surface area contributed by atoms with Crippen LogP contribution in [0.25, 0.3) is 0 Å². The zero-order valence-corrected chi connectivity index (χ0v) is 19.3. The summed E-state index contributed by atoms with van der Waals surface area (Å²) >= 11 is 5.86. The van der Waals surface area contributed by atoms with Crippen molar-refractivity contribution >= 4 is 23.0 Å². The Balaban J connectivity index is 1.37. The van der Waals surface area contributed by atoms with Gasteiger partial charge in [0.05, 0.1) is 12.7 Å². The van der Waals surface area contributed by atoms with E-state index >= 15 is 0 Å². The first kappa shape index (κ1) is 21.1. The summed E-state index contributed by atoms with van der Waals surface area (Å²) < 4.78 is 6.57. The van der Waals surface area contributed by atoms with Gasteiger partial charge in [-0.25, -0.2) is 0 Å². The predicted molar refractivity (Wildman–Crippen MR) is 125 cm³/mol. The molecule has 0 aliphatic heterocycles. The normalized spacial score (nSPS) is 31.0. The van der Waals surface area contributed by atoms with Gasteiger partial charge < -0.3 is 15.0 Å². The minimum atomic E-state index is 0.329. The molecule has 4 heteroatoms. The van der Waals surface area contributed by atoms with E-state index in [9.17, 15) is 0 Å². The van der Waals surface area contributed by atoms with Gasteiger partial charge in [0, 0.05) is 18.3 Å². The highest BCUT2D eigenvalue weighted by atomic mass is 32.1. The van der Waals surface area contributed by atoms with Crippen molar-refractivity contribution < 1.29 is 4.74 Å². The number of benzene rings is 1. The molecule has 1 aromatic rings. The van der Waals surface area contributed by atoms with Crippen LogP contribution in [0.4, 0.5) is 5.69 Å². The predicted octanol–water partition coefficient (Wildman–Crippen LogP) is 6.25. The summed E-state index contributed by atoms with van der Waals surface area (Å²) in [4.78, 5) is 2.42. The molecular weight excluding hydrogens is 376 g/mol. The molecule has 2 bridgehead atoms. The molecule has 3 fully saturated rings. The van der Waals surface area contributed by atoms with Crippen molar-refractivity contribution in [3.63, 3.8) is 0 Å². The summed E-state index contributed by atoms with van der Waals surface area (Å²) in [7, 11) is 0. The Morgan fingerprint density at radius 3 is 2.45 bits per heavy atom. The number of anilines is 1. The van der Waals surface area contributed by atoms with Gasteiger partial charge in [0.15, 0.2) is 5.11 Å². The fourth-order valence-corrected chi connectivity index (χ4v) is 6.59. The molecular formula is C25H38N2OS. The molecule has 4 rings (SSSR count). The van der Waals surface area contributed by atoms with Crippen LogP contribution in [0.5, 0.6) is 0 Å². The zero-order chi connectivity index (χ0) is 20.5. The fraction of sp³-hybridized carbons (Fsp3) is 0.720. The third-order valence-corrected chi connectivity index (χ3v) is 9.00. The van der Waals surface area contributed by atoms with Gasteiger partial charge in [0.2, 0.25) is 0 Å². The van der Waals surface area contributed by atoms with Crippen LogP contribution in [0.2, 0.25) is 0 Å². The van der Waals surface area contributed by atoms with E-state index < -0.39 is 0 Å². The quantitative estimate of drug-likeness (QED) is 0.556. The molecule has 29 heavy (non-hydrogen) atoms. The Hall–Kier alpha value is -1.13. The maximum atomic E-state index is 6.57. The number of nitrogens with one attached hydrogen (secondary N) is 1. The highest BCUT2D eigenvalue weighted by Crippen LogP contribution is 2.66. The molecule has 3 atom stereocenters. The molecule has 3 aliphatic rings. The lowest BCUT2D eigenvalue weighted by Crippen LogP contribution is -2.46. The first-order valence-corrected chi connectivity index (χ1v) is 12.1. The number of ether oxygens (including phenoxy) is 1. The number of hydrogen-bond acceptors (Lipinski definition) is 2. The maximum Gasteiger partial charge on any atom is 0.173 e. The number of rotatable bonds is 6. The average Bonchev–Trinajstić information content (AvgIpc) is 3.06. The molecule has 0 saturated heterocycles. The first-order chi connectivity index (χ1) is 13.9. The van der Waals surface area contributed by atoms with Gasteiger partial charge in [-0.1, -0.05) is 58.2 Å². The van der Waals surface area contributed by atoms with Crippen LogP contribution in [-0.2, 0) is 4.74 Å². The standard InChI is InChI=1S/C25H38N2OS/c1-24(2)19-14-15-25(24,3)22(18-19)28-17-16-27(21-12-8-5-9-13-21)23(29)26-20-10-6-4-7-11-20/h4,6-7,10-11,19,21-22H,5,8-9,12-18H2,1-3H3,(H,26,29)/t19-,22+,25-/m0/s1. The van der Waals surface area contributed by atoms with Gasteiger partial charge in [0.1, 0.15) is 0 Å². The van der Waals surface area contributed by atoms with Crippen molar-refractivity contribution in [3.05, 3.63) is 30.3 Å². The minimum absolute atomic E-state index is 0.329. The van der Waals surface area contributed by atoms with E-state index in [0.29, 0.717) is 23.0 Å². The van der Waals surface area contributed by atoms with Gasteiger partial charge in [0.25, 0.3) is 0 Å². The number of fused-ring (bicyclic) bond motifs is 2. The van der Waals surface area contributed by atoms with Crippen molar-refractivity contribution in [3.8, 4) is 0 Å². The Bertz CT molecular complexity index is 700. The topological polar surface area (TPSA) is 24.5 Å². The lowest BCUT2D eigenvalue weighted by molar-refractivity contribution is -0.0505. The van der Waals surface area contributed by atoms with Gasteiger partial charge in [-0.3, -0.25) is 0 Å². The number of hydrogen-bond donors (Lipinski definition) is 1. The van der Waals surface area contributed by atoms with Crippen LogP contribution in [0.1, 0.15) is 72.1 Å². The molecule has 3 aliphatic carbocycles. The molecule has 0 aromatic heterocycles. The second-order valence-corrected chi connectivity index (χ2v) is 10.6. The summed E-state index contributed by atoms with van der Waals surface area (Å²) in [6, 6.07) is 10.9. The highest BCUT2D eigenvalue weighted by Gasteiger charge is 2.61. The van der Waals surface area contributed by atoms with Gasteiger partial charge in [-0.05, 0) is 73.2 Å². The van der Waals surface area contributed by atoms with Gasteiger partial charge >= 0.3 is 0 Å². The van der Waals surface area contributed by atoms with Gasteiger partial charge in [-0.2, -0.15) is 0 Å². The Morgan fingerprint density at radius 1 is 1.10 bits per heavy atom. The molecule has 1 aromatic carbocycles. The molecule has 1 N–H and O–H groups in total. The van der Waals surface area contributed by atoms with E-state index in [-0.39, 0.29) is 0 Å². The molecule has 0 spiro atoms. The fourth-order valence-electron chi connectivity index (χ4n) is 6.24. The zero-order valence-electron chi connectivity index (χ0n) is 18.5. The van der Waals surface area contributed by atoms with Crippen molar-refractivity contribution in [2.45, 2.75) is 84.3 Å². The SMILES string of the molecule is CC1(C)[C@H]2CC[C@@]1(C)[C@H](OCCN(C(=S)Nc1ccccc1)C1CCCCC1)C2. The summed E-state index contributed by atoms with van der Waals surface area (Å²) in [5, 5.41) is 4.32. The Morgan fingerprint density at radius 2 is 1.83 bits per heavy atom. The molecule has 3 nitrogen and oxygen atoms in total. The van der Waals surface area contributed by atoms with Crippen LogP contribution in [-0.4, -0.2) is 35.3 Å². The second-order valence-electron chi connectivity index (χ2n) is 10.3. The molecule has 3 saturated carbocycles. The lowest BCUT2D eigenvalue weighted by atomic mass is 9.70. The lowest BCUT2D eigenvalue weighted by Gasteiger charge is -2.40. The third kappa shape index (κ3) is 4.07. The van der Waals surface area contributed by atoms with Crippen molar-refractivity contribution in [2.75, 3.05) is 18.5 Å². The summed E-state index contributed by atoms with van der Waals surface area (Å²) in [5.41, 5.74) is 1.81. The minimum Gasteiger partial charge on any atom is -0.376 e. The van der Waals surface area contributed by atoms with Crippen LogP contribution in [0.3, 0.4) is 0 Å². The van der Waals surface area contributed by atoms with E-state index in [2.05, 4.69) is 55.3 Å². The molecule has 0 amide bonds. The Kier molecular flexibility index (Phi) is 6.22. The van der Waals surface area contributed by atoms with E-state index in [1.807, 2.05) is 6.07 Å². The molecule has 0 heterocycles. The Labute approximate surface area is 182 Å². The first-order valence-electron chi connectivity index (χ1n) is 11.7. The summed E-state index contributed by atoms with van der Waals surface area (Å²) in [6.45, 7) is 9.05. The van der Waals surface area contributed by atoms with Gasteiger partial charge in [-0.15, -0.1) is 0 Å². The second kappa shape index (κ2) is 8.55. The van der Waals surface area contributed by atoms with Crippen molar-refractivity contribution in [1.82, 2.24) is 4.90 Å². The van der Waals surface area contributed by atoms with E-state index in [0.717, 1.165) is 29.9 Å². The smallest absolute Gasteiger partial charge is 0.173 e. The molecule has 0 unspecified atom stereocenters. The van der Waals surface area contributed by atoms with Crippen LogP contribution in [0.15, 0.2) is 30.3 Å². The third-order valence-electron chi connectivity index (χ3n) is 8.67. The molecule has 160 valence electrons. The summed E-state index contributed by atoms with van der Waals surface area (Å²) in [6.07, 6.45) is 10.8. The monoisotopic (exact) mass is 414 g/mol. The van der Waals surface area contributed by atoms with Crippen LogP contribution in [0, 0.1) is 16.7 Å². The maximum absolute atomic E-state index is 6.57. The van der Waals surface area contributed by atoms with E-state index in [1.54, 1.807) is 0 Å². The average molecular weight is 415 g/mol. The number of nitrogens with zero attached hydrogens (tertiary/aromatic N) is 1. The largest absolute Gasteiger partial charge is 0.376 e. The van der Waals surface area contributed by atoms with Crippen LogP contribution < -0.4 is 5.32 Å². The van der Waals surface area contributed by atoms with E-state index in [1.165, 1.54) is 51.4 Å². The molecule has 0 radical (unpaired) electrons. The van der Waals surface area contributed by atoms with Crippen molar-refractivity contribution in [2.24, 2.45) is 16.7 Å². The highest BCUT2D eigenvalue weighted by molar-refractivity contribution is 7.80.